The number of carbonyl (C=O) groups excluding carboxylic acids is 1. The van der Waals surface area contributed by atoms with Gasteiger partial charge in [-0.2, -0.15) is 0 Å². The van der Waals surface area contributed by atoms with Gasteiger partial charge in [0.25, 0.3) is 0 Å². The molecule has 0 aliphatic heterocycles. The van der Waals surface area contributed by atoms with Crippen molar-refractivity contribution in [1.82, 2.24) is 10.6 Å². The highest BCUT2D eigenvalue weighted by atomic mass is 32.1. The topological polar surface area (TPSA) is 41.1 Å². The van der Waals surface area contributed by atoms with Crippen LogP contribution in [0.5, 0.6) is 0 Å². The van der Waals surface area contributed by atoms with Gasteiger partial charge >= 0.3 is 0 Å². The smallest absolute Gasteiger partial charge is 0.250 e. The Kier molecular flexibility index (Phi) is 6.33. The van der Waals surface area contributed by atoms with Crippen LogP contribution in [-0.2, 0) is 11.2 Å². The van der Waals surface area contributed by atoms with Gasteiger partial charge in [0.2, 0.25) is 5.91 Å². The fourth-order valence-electron chi connectivity index (χ4n) is 1.90. The van der Waals surface area contributed by atoms with Crippen molar-refractivity contribution in [3.05, 3.63) is 77.9 Å². The van der Waals surface area contributed by atoms with Crippen molar-refractivity contribution in [3.63, 3.8) is 0 Å². The summed E-state index contributed by atoms with van der Waals surface area (Å²) < 4.78 is 0. The number of hydrogen-bond acceptors (Lipinski definition) is 2. The monoisotopic (exact) mass is 310 g/mol. The molecule has 2 rings (SSSR count). The summed E-state index contributed by atoms with van der Waals surface area (Å²) in [4.78, 5) is 11.7. The van der Waals surface area contributed by atoms with Crippen molar-refractivity contribution in [2.45, 2.75) is 6.42 Å². The lowest BCUT2D eigenvalue weighted by Gasteiger charge is -2.08. The minimum Gasteiger partial charge on any atom is -0.362 e. The second kappa shape index (κ2) is 8.74. The molecule has 0 saturated heterocycles. The third kappa shape index (κ3) is 5.89. The summed E-state index contributed by atoms with van der Waals surface area (Å²) >= 11 is 5.10. The summed E-state index contributed by atoms with van der Waals surface area (Å²) in [6.45, 7) is 0.686. The molecular weight excluding hydrogens is 292 g/mol. The average molecular weight is 310 g/mol. The molecule has 2 aromatic carbocycles. The Morgan fingerprint density at radius 1 is 1.00 bits per heavy atom. The van der Waals surface area contributed by atoms with E-state index in [2.05, 4.69) is 22.8 Å². The molecule has 0 aromatic heterocycles. The van der Waals surface area contributed by atoms with Crippen molar-refractivity contribution >= 4 is 29.3 Å². The summed E-state index contributed by atoms with van der Waals surface area (Å²) in [6, 6.07) is 19.8. The molecule has 0 unspecified atom stereocenters. The standard InChI is InChI=1S/C18H18N2OS/c21-17(12-11-15-7-3-1-4-8-15)20-18(22)19-14-13-16-9-5-2-6-10-16/h1-12H,13-14H2,(H2,19,20,21,22). The zero-order chi connectivity index (χ0) is 15.6. The third-order valence-electron chi connectivity index (χ3n) is 3.01. The van der Waals surface area contributed by atoms with E-state index in [1.165, 1.54) is 11.6 Å². The molecule has 1 amide bonds. The van der Waals surface area contributed by atoms with Gasteiger partial charge in [0.1, 0.15) is 0 Å². The van der Waals surface area contributed by atoms with E-state index < -0.39 is 0 Å². The third-order valence-corrected chi connectivity index (χ3v) is 3.25. The van der Waals surface area contributed by atoms with Crippen molar-refractivity contribution in [2.24, 2.45) is 0 Å². The van der Waals surface area contributed by atoms with Crippen molar-refractivity contribution in [1.29, 1.82) is 0 Å². The summed E-state index contributed by atoms with van der Waals surface area (Å²) in [5.74, 6) is -0.235. The van der Waals surface area contributed by atoms with Crippen LogP contribution in [-0.4, -0.2) is 17.6 Å². The Hall–Kier alpha value is -2.46. The highest BCUT2D eigenvalue weighted by Gasteiger charge is 2.00. The maximum absolute atomic E-state index is 11.7. The molecule has 0 atom stereocenters. The lowest BCUT2D eigenvalue weighted by atomic mass is 10.1. The van der Waals surface area contributed by atoms with E-state index in [-0.39, 0.29) is 5.91 Å². The van der Waals surface area contributed by atoms with Crippen LogP contribution >= 0.6 is 12.2 Å². The summed E-state index contributed by atoms with van der Waals surface area (Å²) in [7, 11) is 0. The molecule has 0 aliphatic rings. The lowest BCUT2D eigenvalue weighted by Crippen LogP contribution is -2.39. The van der Waals surface area contributed by atoms with Gasteiger partial charge in [-0.15, -0.1) is 0 Å². The van der Waals surface area contributed by atoms with Gasteiger partial charge in [0.15, 0.2) is 5.11 Å². The minimum atomic E-state index is -0.235. The van der Waals surface area contributed by atoms with Crippen LogP contribution in [0.15, 0.2) is 66.7 Å². The predicted molar refractivity (Wildman–Crippen MR) is 94.4 cm³/mol. The maximum Gasteiger partial charge on any atom is 0.250 e. The van der Waals surface area contributed by atoms with Gasteiger partial charge in [0, 0.05) is 12.6 Å². The largest absolute Gasteiger partial charge is 0.362 e. The van der Waals surface area contributed by atoms with Crippen LogP contribution in [0, 0.1) is 0 Å². The molecule has 0 bridgehead atoms. The Balaban J connectivity index is 1.70. The Bertz CT molecular complexity index is 639. The number of rotatable bonds is 5. The van der Waals surface area contributed by atoms with E-state index in [4.69, 9.17) is 12.2 Å². The van der Waals surface area contributed by atoms with E-state index in [0.717, 1.165) is 12.0 Å². The molecule has 0 fully saturated rings. The lowest BCUT2D eigenvalue weighted by molar-refractivity contribution is -0.115. The molecule has 0 heterocycles. The molecule has 0 aliphatic carbocycles. The number of benzene rings is 2. The van der Waals surface area contributed by atoms with E-state index in [0.29, 0.717) is 11.7 Å². The molecule has 112 valence electrons. The summed E-state index contributed by atoms with van der Waals surface area (Å²) in [6.07, 6.45) is 4.08. The number of amides is 1. The molecule has 0 radical (unpaired) electrons. The highest BCUT2D eigenvalue weighted by molar-refractivity contribution is 7.80. The molecule has 2 N–H and O–H groups in total. The number of nitrogens with one attached hydrogen (secondary N) is 2. The number of carbonyl (C=O) groups is 1. The fraction of sp³-hybridized carbons (Fsp3) is 0.111. The first-order valence-electron chi connectivity index (χ1n) is 7.10. The molecule has 22 heavy (non-hydrogen) atoms. The Morgan fingerprint density at radius 2 is 1.64 bits per heavy atom. The van der Waals surface area contributed by atoms with Gasteiger partial charge in [-0.1, -0.05) is 60.7 Å². The Morgan fingerprint density at radius 3 is 2.32 bits per heavy atom. The predicted octanol–water partition coefficient (Wildman–Crippen LogP) is 2.93. The van der Waals surface area contributed by atoms with Gasteiger partial charge in [-0.3, -0.25) is 10.1 Å². The number of thiocarbonyl (C=S) groups is 1. The quantitative estimate of drug-likeness (QED) is 0.659. The summed E-state index contributed by atoms with van der Waals surface area (Å²) in [5, 5.41) is 6.00. The highest BCUT2D eigenvalue weighted by Crippen LogP contribution is 2.00. The molecule has 3 nitrogen and oxygen atoms in total. The van der Waals surface area contributed by atoms with E-state index in [1.54, 1.807) is 6.08 Å². The van der Waals surface area contributed by atoms with Gasteiger partial charge in [-0.05, 0) is 35.8 Å². The zero-order valence-electron chi connectivity index (χ0n) is 12.2. The maximum atomic E-state index is 11.7. The molecule has 4 heteroatoms. The first-order chi connectivity index (χ1) is 10.7. The summed E-state index contributed by atoms with van der Waals surface area (Å²) in [5.41, 5.74) is 2.20. The van der Waals surface area contributed by atoms with Crippen LogP contribution < -0.4 is 10.6 Å². The Labute approximate surface area is 136 Å². The van der Waals surface area contributed by atoms with Crippen LogP contribution in [0.25, 0.3) is 6.08 Å². The van der Waals surface area contributed by atoms with Gasteiger partial charge in [-0.25, -0.2) is 0 Å². The molecule has 0 spiro atoms. The van der Waals surface area contributed by atoms with Crippen molar-refractivity contribution in [2.75, 3.05) is 6.54 Å². The molecular formula is C18H18N2OS. The first kappa shape index (κ1) is 15.9. The van der Waals surface area contributed by atoms with E-state index in [9.17, 15) is 4.79 Å². The normalized spacial score (nSPS) is 10.4. The fourth-order valence-corrected chi connectivity index (χ4v) is 2.10. The van der Waals surface area contributed by atoms with E-state index >= 15 is 0 Å². The minimum absolute atomic E-state index is 0.235. The second-order valence-corrected chi connectivity index (χ2v) is 5.13. The SMILES string of the molecule is O=C(C=Cc1ccccc1)NC(=S)NCCc1ccccc1. The number of hydrogen-bond donors (Lipinski definition) is 2. The van der Waals surface area contributed by atoms with Crippen LogP contribution in [0.2, 0.25) is 0 Å². The van der Waals surface area contributed by atoms with Crippen LogP contribution in [0.3, 0.4) is 0 Å². The van der Waals surface area contributed by atoms with Crippen molar-refractivity contribution in [3.8, 4) is 0 Å². The van der Waals surface area contributed by atoms with Crippen LogP contribution in [0.4, 0.5) is 0 Å². The van der Waals surface area contributed by atoms with Gasteiger partial charge in [0.05, 0.1) is 0 Å². The van der Waals surface area contributed by atoms with Gasteiger partial charge < -0.3 is 5.32 Å². The van der Waals surface area contributed by atoms with Crippen LogP contribution in [0.1, 0.15) is 11.1 Å². The zero-order valence-corrected chi connectivity index (χ0v) is 13.0. The molecule has 0 saturated carbocycles. The van der Waals surface area contributed by atoms with Crippen molar-refractivity contribution < 1.29 is 4.79 Å². The average Bonchev–Trinajstić information content (AvgIpc) is 2.55. The second-order valence-electron chi connectivity index (χ2n) is 4.72. The molecule has 2 aromatic rings. The first-order valence-corrected chi connectivity index (χ1v) is 7.51. The van der Waals surface area contributed by atoms with E-state index in [1.807, 2.05) is 48.5 Å².